The summed E-state index contributed by atoms with van der Waals surface area (Å²) in [6.07, 6.45) is 8.01. The summed E-state index contributed by atoms with van der Waals surface area (Å²) in [7, 11) is 0. The van der Waals surface area contributed by atoms with Crippen molar-refractivity contribution in [2.45, 2.75) is 151 Å². The minimum Gasteiger partial charge on any atom is -0.480 e. The maximum atomic E-state index is 12.8. The van der Waals surface area contributed by atoms with Gasteiger partial charge in [-0.2, -0.15) is 0 Å². The van der Waals surface area contributed by atoms with Gasteiger partial charge in [-0.25, -0.2) is 4.79 Å². The van der Waals surface area contributed by atoms with Crippen LogP contribution in [0.1, 0.15) is 132 Å². The van der Waals surface area contributed by atoms with Crippen LogP contribution < -0.4 is 16.4 Å². The van der Waals surface area contributed by atoms with Crippen molar-refractivity contribution in [3.63, 3.8) is 0 Å². The summed E-state index contributed by atoms with van der Waals surface area (Å²) in [5.41, 5.74) is 5.25. The van der Waals surface area contributed by atoms with Gasteiger partial charge in [0.2, 0.25) is 11.8 Å². The SMILES string of the molecule is CC.CC.CC(C)(CC(=O)NC(CCC(=O)NC(CO)CCCC(N)C(=O)O)C(=O)O)CC(C)(C)C1CCCCC1. The number of aliphatic carboxylic acids is 2. The lowest BCUT2D eigenvalue weighted by atomic mass is 9.63. The molecule has 0 bridgehead atoms. The average molecular weight is 588 g/mol. The van der Waals surface area contributed by atoms with Gasteiger partial charge >= 0.3 is 11.9 Å². The van der Waals surface area contributed by atoms with Crippen molar-refractivity contribution < 1.29 is 34.5 Å². The quantitative estimate of drug-likeness (QED) is 0.140. The van der Waals surface area contributed by atoms with Gasteiger partial charge in [-0.3, -0.25) is 14.4 Å². The van der Waals surface area contributed by atoms with Gasteiger partial charge in [-0.1, -0.05) is 74.7 Å². The van der Waals surface area contributed by atoms with E-state index in [-0.39, 0.29) is 49.0 Å². The minimum atomic E-state index is -1.21. The molecule has 0 aromatic heterocycles. The van der Waals surface area contributed by atoms with Crippen LogP contribution in [0.4, 0.5) is 0 Å². The van der Waals surface area contributed by atoms with Crippen LogP contribution in [0, 0.1) is 16.7 Å². The van der Waals surface area contributed by atoms with Crippen LogP contribution in [0.2, 0.25) is 0 Å². The van der Waals surface area contributed by atoms with E-state index in [2.05, 4.69) is 24.5 Å². The smallest absolute Gasteiger partial charge is 0.326 e. The van der Waals surface area contributed by atoms with Crippen LogP contribution in [0.15, 0.2) is 0 Å². The molecule has 0 saturated heterocycles. The third kappa shape index (κ3) is 18.1. The molecule has 1 rings (SSSR count). The molecule has 0 aromatic rings. The first kappa shape index (κ1) is 40.9. The highest BCUT2D eigenvalue weighted by molar-refractivity contribution is 5.84. The van der Waals surface area contributed by atoms with Crippen LogP contribution in [-0.2, 0) is 19.2 Å². The largest absolute Gasteiger partial charge is 0.480 e. The second-order valence-corrected chi connectivity index (χ2v) is 12.2. The van der Waals surface area contributed by atoms with Crippen molar-refractivity contribution in [3.8, 4) is 0 Å². The first-order chi connectivity index (χ1) is 19.2. The molecule has 1 saturated carbocycles. The van der Waals surface area contributed by atoms with Crippen molar-refractivity contribution in [1.82, 2.24) is 10.6 Å². The number of carbonyl (C=O) groups is 4. The molecule has 0 aromatic carbocycles. The predicted octanol–water partition coefficient (Wildman–Crippen LogP) is 4.86. The Kier molecular flexibility index (Phi) is 21.5. The van der Waals surface area contributed by atoms with Crippen LogP contribution >= 0.6 is 0 Å². The Labute approximate surface area is 248 Å². The summed E-state index contributed by atoms with van der Waals surface area (Å²) in [6, 6.07) is -2.78. The van der Waals surface area contributed by atoms with Crippen LogP contribution in [0.25, 0.3) is 0 Å². The fourth-order valence-electron chi connectivity index (χ4n) is 5.75. The molecule has 10 heteroatoms. The molecule has 0 spiro atoms. The molecule has 41 heavy (non-hydrogen) atoms. The van der Waals surface area contributed by atoms with Crippen LogP contribution in [0.5, 0.6) is 0 Å². The number of carbonyl (C=O) groups excluding carboxylic acids is 2. The normalized spacial score (nSPS) is 16.0. The van der Waals surface area contributed by atoms with Crippen molar-refractivity contribution in [1.29, 1.82) is 0 Å². The first-order valence-corrected chi connectivity index (χ1v) is 15.6. The van der Waals surface area contributed by atoms with Gasteiger partial charge in [0.25, 0.3) is 0 Å². The molecule has 10 nitrogen and oxygen atoms in total. The second kappa shape index (κ2) is 21.5. The highest BCUT2D eigenvalue weighted by Crippen LogP contribution is 2.46. The van der Waals surface area contributed by atoms with Gasteiger partial charge in [-0.15, -0.1) is 0 Å². The van der Waals surface area contributed by atoms with Crippen LogP contribution in [0.3, 0.4) is 0 Å². The number of rotatable bonds is 17. The average Bonchev–Trinajstić information content (AvgIpc) is 2.91. The highest BCUT2D eigenvalue weighted by atomic mass is 16.4. The summed E-state index contributed by atoms with van der Waals surface area (Å²) in [6.45, 7) is 16.3. The van der Waals surface area contributed by atoms with Gasteiger partial charge in [0.05, 0.1) is 12.6 Å². The topological polar surface area (TPSA) is 179 Å². The highest BCUT2D eigenvalue weighted by Gasteiger charge is 2.37. The van der Waals surface area contributed by atoms with E-state index >= 15 is 0 Å². The van der Waals surface area contributed by atoms with Gasteiger partial charge in [0.15, 0.2) is 0 Å². The summed E-state index contributed by atoms with van der Waals surface area (Å²) in [5, 5.41) is 33.1. The number of hydrogen-bond acceptors (Lipinski definition) is 6. The first-order valence-electron chi connectivity index (χ1n) is 15.6. The van der Waals surface area contributed by atoms with Gasteiger partial charge in [0, 0.05) is 12.8 Å². The summed E-state index contributed by atoms with van der Waals surface area (Å²) in [5.74, 6) is -2.48. The molecule has 0 radical (unpaired) electrons. The summed E-state index contributed by atoms with van der Waals surface area (Å²) < 4.78 is 0. The third-order valence-electron chi connectivity index (χ3n) is 7.55. The fourth-order valence-corrected chi connectivity index (χ4v) is 5.75. The van der Waals surface area contributed by atoms with Crippen molar-refractivity contribution >= 4 is 23.8 Å². The van der Waals surface area contributed by atoms with E-state index in [1.807, 2.05) is 41.5 Å². The monoisotopic (exact) mass is 587 g/mol. The van der Waals surface area contributed by atoms with E-state index in [0.717, 1.165) is 6.42 Å². The number of aliphatic hydroxyl groups is 1. The fraction of sp³-hybridized carbons (Fsp3) is 0.871. The molecule has 0 heterocycles. The Hall–Kier alpha value is -2.20. The van der Waals surface area contributed by atoms with Crippen molar-refractivity contribution in [3.05, 3.63) is 0 Å². The number of amides is 2. The molecule has 1 aliphatic carbocycles. The molecular formula is C31H61N3O7. The number of nitrogens with two attached hydrogens (primary N) is 1. The van der Waals surface area contributed by atoms with E-state index < -0.39 is 36.0 Å². The maximum absolute atomic E-state index is 12.8. The second-order valence-electron chi connectivity index (χ2n) is 12.2. The van der Waals surface area contributed by atoms with E-state index in [1.54, 1.807) is 0 Å². The molecule has 1 fully saturated rings. The third-order valence-corrected chi connectivity index (χ3v) is 7.55. The zero-order valence-corrected chi connectivity index (χ0v) is 27.1. The lowest BCUT2D eigenvalue weighted by Crippen LogP contribution is -2.44. The number of hydrogen-bond donors (Lipinski definition) is 6. The zero-order valence-electron chi connectivity index (χ0n) is 27.1. The van der Waals surface area contributed by atoms with Crippen molar-refractivity contribution in [2.75, 3.05) is 6.61 Å². The molecule has 2 amide bonds. The molecule has 242 valence electrons. The van der Waals surface area contributed by atoms with Gasteiger partial charge in [-0.05, 0) is 61.7 Å². The van der Waals surface area contributed by atoms with E-state index in [0.29, 0.717) is 18.8 Å². The number of aliphatic hydroxyl groups excluding tert-OH is 1. The summed E-state index contributed by atoms with van der Waals surface area (Å²) >= 11 is 0. The van der Waals surface area contributed by atoms with Crippen LogP contribution in [-0.4, -0.2) is 63.8 Å². The van der Waals surface area contributed by atoms with Gasteiger partial charge in [0.1, 0.15) is 12.1 Å². The number of carboxylic acids is 2. The molecule has 0 aliphatic heterocycles. The van der Waals surface area contributed by atoms with Gasteiger partial charge < -0.3 is 31.7 Å². The molecule has 7 N–H and O–H groups in total. The molecule has 3 unspecified atom stereocenters. The zero-order chi connectivity index (χ0) is 32.2. The Bertz CT molecular complexity index is 765. The Morgan fingerprint density at radius 3 is 1.88 bits per heavy atom. The summed E-state index contributed by atoms with van der Waals surface area (Å²) in [4.78, 5) is 47.6. The molecule has 3 atom stereocenters. The lowest BCUT2D eigenvalue weighted by Gasteiger charge is -2.42. The molecular weight excluding hydrogens is 526 g/mol. The maximum Gasteiger partial charge on any atom is 0.326 e. The van der Waals surface area contributed by atoms with Crippen molar-refractivity contribution in [2.24, 2.45) is 22.5 Å². The number of nitrogens with one attached hydrogen (secondary N) is 2. The predicted molar refractivity (Wildman–Crippen MR) is 163 cm³/mol. The Morgan fingerprint density at radius 1 is 0.829 bits per heavy atom. The molecule has 1 aliphatic rings. The Morgan fingerprint density at radius 2 is 1.39 bits per heavy atom. The lowest BCUT2D eigenvalue weighted by molar-refractivity contribution is -0.142. The Balaban J connectivity index is 0. The minimum absolute atomic E-state index is 0.0804. The van der Waals surface area contributed by atoms with E-state index in [1.165, 1.54) is 32.1 Å². The van der Waals surface area contributed by atoms with E-state index in [9.17, 15) is 29.4 Å². The number of carboxylic acid groups (broad SMARTS) is 2. The standard InChI is InChI=1S/C27H49N3O7.2C2H6/c1-26(2,17-27(3,4)18-9-6-5-7-10-18)15-23(33)30-21(25(36)37)13-14-22(32)29-19(16-31)11-8-12-20(28)24(34)35;2*1-2/h18-21,31H,5-17,28H2,1-4H3,(H,29,32)(H,30,33)(H,34,35)(H,36,37);2*1-2H3. The van der Waals surface area contributed by atoms with E-state index in [4.69, 9.17) is 10.8 Å².